The maximum atomic E-state index is 5.25. The van der Waals surface area contributed by atoms with Crippen LogP contribution in [0.5, 0.6) is 0 Å². The average Bonchev–Trinajstić information content (AvgIpc) is 1.99. The Balaban J connectivity index is 3.67. The van der Waals surface area contributed by atoms with Crippen LogP contribution in [0.25, 0.3) is 0 Å². The summed E-state index contributed by atoms with van der Waals surface area (Å²) in [7, 11) is 1.75. The molecule has 2 heteroatoms. The minimum absolute atomic E-state index is 0.326. The van der Waals surface area contributed by atoms with Crippen molar-refractivity contribution >= 4 is 11.8 Å². The minimum Gasteiger partial charge on any atom is -0.380 e. The van der Waals surface area contributed by atoms with Crippen LogP contribution in [-0.4, -0.2) is 24.7 Å². The van der Waals surface area contributed by atoms with Gasteiger partial charge in [0.2, 0.25) is 0 Å². The largest absolute Gasteiger partial charge is 0.380 e. The lowest BCUT2D eigenvalue weighted by Gasteiger charge is -2.18. The summed E-state index contributed by atoms with van der Waals surface area (Å²) in [5.41, 5.74) is 0. The lowest BCUT2D eigenvalue weighted by atomic mass is 10.2. The fourth-order valence-electron chi connectivity index (χ4n) is 0.796. The number of methoxy groups -OCH3 is 1. The van der Waals surface area contributed by atoms with Gasteiger partial charge in [-0.1, -0.05) is 13.0 Å². The Hall–Kier alpha value is 0.0500. The summed E-state index contributed by atoms with van der Waals surface area (Å²) in [6.45, 7) is 5.84. The van der Waals surface area contributed by atoms with Crippen LogP contribution in [0.4, 0.5) is 0 Å². The number of hydrogen-bond donors (Lipinski definition) is 0. The molecular formula is C8H16OS. The number of hydrogen-bond acceptors (Lipinski definition) is 2. The molecule has 0 fully saturated rings. The van der Waals surface area contributed by atoms with Crippen molar-refractivity contribution in [3.63, 3.8) is 0 Å². The van der Waals surface area contributed by atoms with Crippen molar-refractivity contribution in [2.75, 3.05) is 13.4 Å². The number of thioether (sulfide) groups is 1. The van der Waals surface area contributed by atoms with Crippen LogP contribution in [0.3, 0.4) is 0 Å². The van der Waals surface area contributed by atoms with Gasteiger partial charge in [0.1, 0.15) is 0 Å². The fraction of sp³-hybridized carbons (Fsp3) is 0.750. The Morgan fingerprint density at radius 1 is 1.70 bits per heavy atom. The molecule has 0 spiro atoms. The molecule has 2 atom stereocenters. The molecule has 0 radical (unpaired) electrons. The van der Waals surface area contributed by atoms with Gasteiger partial charge >= 0.3 is 0 Å². The molecule has 0 heterocycles. The second kappa shape index (κ2) is 5.81. The van der Waals surface area contributed by atoms with E-state index in [1.54, 1.807) is 7.11 Å². The Kier molecular flexibility index (Phi) is 5.84. The summed E-state index contributed by atoms with van der Waals surface area (Å²) in [6.07, 6.45) is 5.27. The molecule has 0 rings (SSSR count). The Morgan fingerprint density at radius 3 is 2.60 bits per heavy atom. The van der Waals surface area contributed by atoms with Crippen LogP contribution in [0.2, 0.25) is 0 Å². The standard InChI is InChI=1S/C8H16OS/c1-5-6-8(9-3)7(2)10-4/h5,7-8H,1,6H2,2-4H3/t7-,8-/m0/s1. The van der Waals surface area contributed by atoms with Crippen LogP contribution in [0, 0.1) is 0 Å². The zero-order valence-corrected chi connectivity index (χ0v) is 7.78. The molecule has 60 valence electrons. The van der Waals surface area contributed by atoms with Crippen molar-refractivity contribution in [3.05, 3.63) is 12.7 Å². The van der Waals surface area contributed by atoms with E-state index in [9.17, 15) is 0 Å². The summed E-state index contributed by atoms with van der Waals surface area (Å²) < 4.78 is 5.25. The molecule has 0 aliphatic heterocycles. The quantitative estimate of drug-likeness (QED) is 0.571. The van der Waals surface area contributed by atoms with Gasteiger partial charge in [-0.2, -0.15) is 11.8 Å². The van der Waals surface area contributed by atoms with E-state index in [0.717, 1.165) is 6.42 Å². The van der Waals surface area contributed by atoms with Gasteiger partial charge in [-0.15, -0.1) is 6.58 Å². The van der Waals surface area contributed by atoms with E-state index in [0.29, 0.717) is 11.4 Å². The second-order valence-corrected chi connectivity index (χ2v) is 3.45. The minimum atomic E-state index is 0.326. The molecule has 0 amide bonds. The molecule has 0 bridgehead atoms. The van der Waals surface area contributed by atoms with Gasteiger partial charge in [-0.25, -0.2) is 0 Å². The third-order valence-electron chi connectivity index (χ3n) is 1.60. The molecular weight excluding hydrogens is 144 g/mol. The summed E-state index contributed by atoms with van der Waals surface area (Å²) in [5, 5.41) is 0.558. The van der Waals surface area contributed by atoms with E-state index in [2.05, 4.69) is 19.8 Å². The highest BCUT2D eigenvalue weighted by Crippen LogP contribution is 2.15. The monoisotopic (exact) mass is 160 g/mol. The zero-order chi connectivity index (χ0) is 7.98. The SMILES string of the molecule is C=CC[C@H](OC)[C@H](C)SC. The highest BCUT2D eigenvalue weighted by molar-refractivity contribution is 7.99. The average molecular weight is 160 g/mol. The molecule has 0 N–H and O–H groups in total. The maximum Gasteiger partial charge on any atom is 0.0721 e. The molecule has 0 saturated carbocycles. The lowest BCUT2D eigenvalue weighted by Crippen LogP contribution is -2.21. The van der Waals surface area contributed by atoms with Gasteiger partial charge in [0.05, 0.1) is 6.10 Å². The highest BCUT2D eigenvalue weighted by atomic mass is 32.2. The Morgan fingerprint density at radius 2 is 2.30 bits per heavy atom. The molecule has 0 aromatic rings. The van der Waals surface area contributed by atoms with Crippen LogP contribution < -0.4 is 0 Å². The van der Waals surface area contributed by atoms with Crippen molar-refractivity contribution in [1.82, 2.24) is 0 Å². The summed E-state index contributed by atoms with van der Waals surface area (Å²) in [4.78, 5) is 0. The Bertz CT molecular complexity index is 93.3. The predicted octanol–water partition coefficient (Wildman–Crippen LogP) is 2.33. The van der Waals surface area contributed by atoms with Crippen LogP contribution in [0.15, 0.2) is 12.7 Å². The molecule has 0 aliphatic carbocycles. The van der Waals surface area contributed by atoms with Crippen molar-refractivity contribution in [2.24, 2.45) is 0 Å². The summed E-state index contributed by atoms with van der Waals surface area (Å²) >= 11 is 1.82. The smallest absolute Gasteiger partial charge is 0.0721 e. The first-order chi connectivity index (χ1) is 4.76. The molecule has 0 saturated heterocycles. The molecule has 0 aromatic heterocycles. The normalized spacial score (nSPS) is 16.3. The van der Waals surface area contributed by atoms with E-state index in [1.807, 2.05) is 17.8 Å². The van der Waals surface area contributed by atoms with Crippen molar-refractivity contribution < 1.29 is 4.74 Å². The topological polar surface area (TPSA) is 9.23 Å². The molecule has 0 aliphatic rings. The molecule has 10 heavy (non-hydrogen) atoms. The highest BCUT2D eigenvalue weighted by Gasteiger charge is 2.12. The third kappa shape index (κ3) is 3.28. The van der Waals surface area contributed by atoms with Gasteiger partial charge in [0.15, 0.2) is 0 Å². The van der Waals surface area contributed by atoms with Crippen molar-refractivity contribution in [2.45, 2.75) is 24.7 Å². The van der Waals surface area contributed by atoms with E-state index in [4.69, 9.17) is 4.74 Å². The van der Waals surface area contributed by atoms with Crippen molar-refractivity contribution in [1.29, 1.82) is 0 Å². The van der Waals surface area contributed by atoms with Gasteiger partial charge < -0.3 is 4.74 Å². The van der Waals surface area contributed by atoms with Gasteiger partial charge in [0.25, 0.3) is 0 Å². The summed E-state index contributed by atoms with van der Waals surface area (Å²) in [5.74, 6) is 0. The second-order valence-electron chi connectivity index (χ2n) is 2.24. The predicted molar refractivity (Wildman–Crippen MR) is 48.6 cm³/mol. The van der Waals surface area contributed by atoms with Crippen LogP contribution in [0.1, 0.15) is 13.3 Å². The van der Waals surface area contributed by atoms with E-state index >= 15 is 0 Å². The van der Waals surface area contributed by atoms with E-state index < -0.39 is 0 Å². The van der Waals surface area contributed by atoms with Gasteiger partial charge in [0, 0.05) is 12.4 Å². The lowest BCUT2D eigenvalue weighted by molar-refractivity contribution is 0.107. The Labute approximate surface area is 67.8 Å². The van der Waals surface area contributed by atoms with Crippen molar-refractivity contribution in [3.8, 4) is 0 Å². The number of rotatable bonds is 5. The molecule has 1 nitrogen and oxygen atoms in total. The first-order valence-corrected chi connectivity index (χ1v) is 4.71. The molecule has 0 unspecified atom stereocenters. The molecule has 0 aromatic carbocycles. The van der Waals surface area contributed by atoms with Crippen LogP contribution >= 0.6 is 11.8 Å². The van der Waals surface area contributed by atoms with E-state index in [-0.39, 0.29) is 0 Å². The van der Waals surface area contributed by atoms with Gasteiger partial charge in [-0.05, 0) is 12.7 Å². The maximum absolute atomic E-state index is 5.25. The third-order valence-corrected chi connectivity index (χ3v) is 2.64. The van der Waals surface area contributed by atoms with Gasteiger partial charge in [-0.3, -0.25) is 0 Å². The van der Waals surface area contributed by atoms with Crippen LogP contribution in [-0.2, 0) is 4.74 Å². The zero-order valence-electron chi connectivity index (χ0n) is 6.96. The van der Waals surface area contributed by atoms with E-state index in [1.165, 1.54) is 0 Å². The first-order valence-electron chi connectivity index (χ1n) is 3.42. The summed E-state index contributed by atoms with van der Waals surface area (Å²) in [6, 6.07) is 0. The first kappa shape index (κ1) is 10.0. The number of ether oxygens (including phenoxy) is 1. The fourth-order valence-corrected chi connectivity index (χ4v) is 1.32.